The van der Waals surface area contributed by atoms with Crippen LogP contribution in [0, 0.1) is 6.92 Å². The zero-order chi connectivity index (χ0) is 15.5. The van der Waals surface area contributed by atoms with Crippen LogP contribution in [0.2, 0.25) is 0 Å². The number of rotatable bonds is 5. The summed E-state index contributed by atoms with van der Waals surface area (Å²) in [5.74, 6) is 0. The second-order valence-electron chi connectivity index (χ2n) is 5.96. The summed E-state index contributed by atoms with van der Waals surface area (Å²) in [5, 5.41) is 1.39. The molecule has 1 aliphatic rings. The van der Waals surface area contributed by atoms with Gasteiger partial charge < -0.3 is 9.88 Å². The van der Waals surface area contributed by atoms with E-state index in [0.717, 1.165) is 32.7 Å². The SMILES string of the molecule is CCN(CC)CCc1c[nH]c2ccc(C)cc12.c1cn2n1C2. The lowest BCUT2D eigenvalue weighted by Crippen LogP contribution is -2.25. The maximum absolute atomic E-state index is 3.36. The predicted molar refractivity (Wildman–Crippen MR) is 92.3 cm³/mol. The number of hydrogen-bond acceptors (Lipinski definition) is 1. The Morgan fingerprint density at radius 2 is 1.86 bits per heavy atom. The van der Waals surface area contributed by atoms with Crippen molar-refractivity contribution in [1.29, 1.82) is 0 Å². The molecule has 4 rings (SSSR count). The van der Waals surface area contributed by atoms with Crippen molar-refractivity contribution in [2.75, 3.05) is 19.6 Å². The Bertz CT molecular complexity index is 712. The van der Waals surface area contributed by atoms with Crippen LogP contribution in [0.4, 0.5) is 0 Å². The Hall–Kier alpha value is -1.94. The molecule has 3 aromatic rings. The van der Waals surface area contributed by atoms with Gasteiger partial charge in [0.05, 0.1) is 0 Å². The number of aryl methyl sites for hydroxylation is 1. The summed E-state index contributed by atoms with van der Waals surface area (Å²) >= 11 is 0. The molecule has 22 heavy (non-hydrogen) atoms. The van der Waals surface area contributed by atoms with Gasteiger partial charge in [-0.25, -0.2) is 0 Å². The highest BCUT2D eigenvalue weighted by Gasteiger charge is 2.10. The minimum atomic E-state index is 1.13. The van der Waals surface area contributed by atoms with Crippen molar-refractivity contribution in [3.63, 3.8) is 0 Å². The third-order valence-electron chi connectivity index (χ3n) is 4.46. The van der Waals surface area contributed by atoms with Gasteiger partial charge in [-0.3, -0.25) is 9.36 Å². The Kier molecular flexibility index (Phi) is 4.39. The highest BCUT2D eigenvalue weighted by Crippen LogP contribution is 2.20. The van der Waals surface area contributed by atoms with Gasteiger partial charge in [0.25, 0.3) is 0 Å². The van der Waals surface area contributed by atoms with Crippen LogP contribution in [-0.2, 0) is 13.1 Å². The molecule has 0 aliphatic carbocycles. The van der Waals surface area contributed by atoms with E-state index in [1.165, 1.54) is 22.0 Å². The van der Waals surface area contributed by atoms with E-state index in [2.05, 4.69) is 76.8 Å². The van der Waals surface area contributed by atoms with Crippen molar-refractivity contribution in [3.05, 3.63) is 47.9 Å². The second kappa shape index (κ2) is 6.44. The van der Waals surface area contributed by atoms with E-state index in [1.54, 1.807) is 0 Å². The molecule has 0 fully saturated rings. The van der Waals surface area contributed by atoms with Gasteiger partial charge in [-0.05, 0) is 44.1 Å². The van der Waals surface area contributed by atoms with Crippen LogP contribution in [0.3, 0.4) is 0 Å². The number of aromatic nitrogens is 3. The van der Waals surface area contributed by atoms with E-state index in [-0.39, 0.29) is 0 Å². The van der Waals surface area contributed by atoms with Crippen molar-refractivity contribution >= 4 is 10.9 Å². The smallest absolute Gasteiger partial charge is 0.129 e. The topological polar surface area (TPSA) is 28.9 Å². The molecule has 2 aromatic heterocycles. The fourth-order valence-electron chi connectivity index (χ4n) is 2.79. The molecular formula is C18H26N4. The molecule has 0 saturated heterocycles. The van der Waals surface area contributed by atoms with Gasteiger partial charge in [0.1, 0.15) is 6.67 Å². The number of H-pyrrole nitrogens is 1. The van der Waals surface area contributed by atoms with Crippen LogP contribution < -0.4 is 0 Å². The summed E-state index contributed by atoms with van der Waals surface area (Å²) in [6, 6.07) is 6.61. The minimum Gasteiger partial charge on any atom is -0.361 e. The number of nitrogens with one attached hydrogen (secondary N) is 1. The number of hydrogen-bond donors (Lipinski definition) is 1. The van der Waals surface area contributed by atoms with Gasteiger partial charge in [-0.15, -0.1) is 0 Å². The van der Waals surface area contributed by atoms with E-state index < -0.39 is 0 Å². The number of fused-ring (bicyclic) bond motifs is 2. The van der Waals surface area contributed by atoms with Gasteiger partial charge >= 0.3 is 0 Å². The third-order valence-corrected chi connectivity index (χ3v) is 4.46. The lowest BCUT2D eigenvalue weighted by molar-refractivity contribution is 0.308. The summed E-state index contributed by atoms with van der Waals surface area (Å²) in [6.45, 7) is 11.2. The summed E-state index contributed by atoms with van der Waals surface area (Å²) in [5.41, 5.74) is 4.03. The maximum Gasteiger partial charge on any atom is 0.129 e. The van der Waals surface area contributed by atoms with Crippen molar-refractivity contribution in [3.8, 4) is 0 Å². The van der Waals surface area contributed by atoms with Gasteiger partial charge in [0.15, 0.2) is 0 Å². The molecule has 0 radical (unpaired) electrons. The quantitative estimate of drug-likeness (QED) is 0.600. The first-order valence-electron chi connectivity index (χ1n) is 8.21. The molecule has 0 spiro atoms. The fourth-order valence-corrected chi connectivity index (χ4v) is 2.79. The Morgan fingerprint density at radius 1 is 1.14 bits per heavy atom. The van der Waals surface area contributed by atoms with E-state index in [4.69, 9.17) is 0 Å². The third kappa shape index (κ3) is 3.28. The number of nitrogens with zero attached hydrogens (tertiary/aromatic N) is 3. The zero-order valence-corrected chi connectivity index (χ0v) is 13.8. The summed E-state index contributed by atoms with van der Waals surface area (Å²) in [6.07, 6.45) is 7.40. The van der Waals surface area contributed by atoms with Crippen LogP contribution in [0.25, 0.3) is 10.9 Å². The molecule has 3 heterocycles. The van der Waals surface area contributed by atoms with Crippen LogP contribution in [0.15, 0.2) is 36.8 Å². The average Bonchev–Trinajstić information content (AvgIpc) is 2.93. The first kappa shape index (κ1) is 15.0. The van der Waals surface area contributed by atoms with Crippen LogP contribution in [0.5, 0.6) is 0 Å². The number of aromatic amines is 1. The molecule has 1 aliphatic heterocycles. The molecule has 0 saturated carbocycles. The molecule has 1 aromatic carbocycles. The molecular weight excluding hydrogens is 272 g/mol. The monoisotopic (exact) mass is 298 g/mol. The predicted octanol–water partition coefficient (Wildman–Crippen LogP) is 3.47. The van der Waals surface area contributed by atoms with Gasteiger partial charge in [-0.2, -0.15) is 0 Å². The normalized spacial score (nSPS) is 12.4. The number of benzene rings is 1. The highest BCUT2D eigenvalue weighted by atomic mass is 15.6. The van der Waals surface area contributed by atoms with Crippen molar-refractivity contribution in [1.82, 2.24) is 19.2 Å². The van der Waals surface area contributed by atoms with E-state index in [9.17, 15) is 0 Å². The molecule has 0 bridgehead atoms. The van der Waals surface area contributed by atoms with E-state index in [1.807, 2.05) is 0 Å². The summed E-state index contributed by atoms with van der Waals surface area (Å²) in [4.78, 5) is 5.82. The molecule has 0 unspecified atom stereocenters. The zero-order valence-electron chi connectivity index (χ0n) is 13.8. The molecule has 118 valence electrons. The van der Waals surface area contributed by atoms with Gasteiger partial charge in [-0.1, -0.05) is 25.5 Å². The molecule has 1 N–H and O–H groups in total. The molecule has 0 amide bonds. The Labute approximate surface area is 132 Å². The van der Waals surface area contributed by atoms with Crippen LogP contribution in [0.1, 0.15) is 25.0 Å². The molecule has 4 nitrogen and oxygen atoms in total. The standard InChI is InChI=1S/C15H22N2.C3H4N2/c1-4-17(5-2)9-8-13-11-16-15-7-6-12(3)10-14(13)15;1-2-5-3-4(1)5/h6-7,10-11,16H,4-5,8-9H2,1-3H3;1-2H,3H2. The van der Waals surface area contributed by atoms with Gasteiger partial charge in [0, 0.05) is 36.0 Å². The fraction of sp³-hybridized carbons (Fsp3) is 0.444. The summed E-state index contributed by atoms with van der Waals surface area (Å²) < 4.78 is 4.25. The molecule has 4 heteroatoms. The Morgan fingerprint density at radius 3 is 2.41 bits per heavy atom. The largest absolute Gasteiger partial charge is 0.361 e. The van der Waals surface area contributed by atoms with Crippen LogP contribution in [-0.4, -0.2) is 38.9 Å². The van der Waals surface area contributed by atoms with Crippen LogP contribution >= 0.6 is 0 Å². The first-order chi connectivity index (χ1) is 10.7. The average molecular weight is 298 g/mol. The lowest BCUT2D eigenvalue weighted by atomic mass is 10.1. The number of likely N-dealkylation sites (N-methyl/N-ethyl adjacent to an activating group) is 1. The van der Waals surface area contributed by atoms with E-state index >= 15 is 0 Å². The van der Waals surface area contributed by atoms with Crippen molar-refractivity contribution < 1.29 is 0 Å². The Balaban J connectivity index is 0.000000237. The lowest BCUT2D eigenvalue weighted by Gasteiger charge is -2.17. The highest BCUT2D eigenvalue weighted by molar-refractivity contribution is 5.83. The maximum atomic E-state index is 3.36. The van der Waals surface area contributed by atoms with Crippen molar-refractivity contribution in [2.45, 2.75) is 33.9 Å². The van der Waals surface area contributed by atoms with Gasteiger partial charge in [0.2, 0.25) is 0 Å². The minimum absolute atomic E-state index is 1.13. The molecule has 0 atom stereocenters. The summed E-state index contributed by atoms with van der Waals surface area (Å²) in [7, 11) is 0. The van der Waals surface area contributed by atoms with Crippen molar-refractivity contribution in [2.24, 2.45) is 0 Å². The second-order valence-corrected chi connectivity index (χ2v) is 5.96. The first-order valence-corrected chi connectivity index (χ1v) is 8.21. The van der Waals surface area contributed by atoms with E-state index in [0.29, 0.717) is 0 Å².